The maximum atomic E-state index is 13.8. The van der Waals surface area contributed by atoms with Gasteiger partial charge in [0.25, 0.3) is 5.92 Å². The molecule has 1 aliphatic carbocycles. The molecule has 0 radical (unpaired) electrons. The van der Waals surface area contributed by atoms with Crippen LogP contribution in [0.4, 0.5) is 14.6 Å². The molecular formula is C16H17F2N3O2. The SMILES string of the molecule is Nc1ccn(C[C@H]2[C@@H](COCc3ccccc3)C2(F)F)c(=O)n1. The van der Waals surface area contributed by atoms with Gasteiger partial charge in [0.2, 0.25) is 0 Å². The number of aromatic nitrogens is 2. The van der Waals surface area contributed by atoms with Gasteiger partial charge in [-0.05, 0) is 11.6 Å². The summed E-state index contributed by atoms with van der Waals surface area (Å²) in [6.45, 7) is 0.172. The molecule has 1 aliphatic rings. The smallest absolute Gasteiger partial charge is 0.349 e. The molecule has 7 heteroatoms. The maximum Gasteiger partial charge on any atom is 0.349 e. The van der Waals surface area contributed by atoms with Crippen LogP contribution in [-0.4, -0.2) is 22.1 Å². The number of halogens is 2. The molecule has 1 heterocycles. The molecule has 122 valence electrons. The zero-order valence-corrected chi connectivity index (χ0v) is 12.4. The lowest BCUT2D eigenvalue weighted by molar-refractivity contribution is 0.0454. The minimum Gasteiger partial charge on any atom is -0.383 e. The molecule has 1 fully saturated rings. The second kappa shape index (κ2) is 6.08. The number of rotatable bonds is 6. The molecule has 5 nitrogen and oxygen atoms in total. The van der Waals surface area contributed by atoms with Crippen LogP contribution in [0.3, 0.4) is 0 Å². The van der Waals surface area contributed by atoms with Crippen LogP contribution in [0.25, 0.3) is 0 Å². The van der Waals surface area contributed by atoms with Gasteiger partial charge in [0.1, 0.15) is 5.82 Å². The summed E-state index contributed by atoms with van der Waals surface area (Å²) in [6.07, 6.45) is 1.39. The third-order valence-corrected chi connectivity index (χ3v) is 4.06. The summed E-state index contributed by atoms with van der Waals surface area (Å²) in [6, 6.07) is 10.8. The largest absolute Gasteiger partial charge is 0.383 e. The van der Waals surface area contributed by atoms with Gasteiger partial charge in [-0.1, -0.05) is 30.3 Å². The molecule has 2 N–H and O–H groups in total. The number of benzene rings is 1. The van der Waals surface area contributed by atoms with E-state index in [0.29, 0.717) is 6.61 Å². The first-order valence-corrected chi connectivity index (χ1v) is 7.31. The Morgan fingerprint density at radius 2 is 1.96 bits per heavy atom. The predicted molar refractivity (Wildman–Crippen MR) is 80.9 cm³/mol. The van der Waals surface area contributed by atoms with Crippen molar-refractivity contribution in [1.29, 1.82) is 0 Å². The van der Waals surface area contributed by atoms with Crippen LogP contribution in [0.15, 0.2) is 47.4 Å². The molecule has 2 aromatic rings. The van der Waals surface area contributed by atoms with Gasteiger partial charge in [-0.15, -0.1) is 0 Å². The van der Waals surface area contributed by atoms with E-state index in [1.54, 1.807) is 0 Å². The van der Waals surface area contributed by atoms with E-state index in [-0.39, 0.29) is 19.0 Å². The van der Waals surface area contributed by atoms with Gasteiger partial charge in [0.05, 0.1) is 25.0 Å². The Kier molecular flexibility index (Phi) is 4.12. The number of hydrogen-bond acceptors (Lipinski definition) is 4. The van der Waals surface area contributed by atoms with Crippen LogP contribution < -0.4 is 11.4 Å². The van der Waals surface area contributed by atoms with Gasteiger partial charge >= 0.3 is 5.69 Å². The Morgan fingerprint density at radius 3 is 2.65 bits per heavy atom. The lowest BCUT2D eigenvalue weighted by Crippen LogP contribution is -2.24. The van der Waals surface area contributed by atoms with Crippen molar-refractivity contribution in [1.82, 2.24) is 9.55 Å². The van der Waals surface area contributed by atoms with Crippen molar-refractivity contribution in [2.24, 2.45) is 11.8 Å². The molecular weight excluding hydrogens is 304 g/mol. The normalized spacial score (nSPS) is 22.0. The second-order valence-electron chi connectivity index (χ2n) is 5.68. The third-order valence-electron chi connectivity index (χ3n) is 4.06. The zero-order chi connectivity index (χ0) is 16.4. The van der Waals surface area contributed by atoms with E-state index in [9.17, 15) is 13.6 Å². The summed E-state index contributed by atoms with van der Waals surface area (Å²) in [5.41, 5.74) is 5.71. The maximum absolute atomic E-state index is 13.8. The van der Waals surface area contributed by atoms with Crippen molar-refractivity contribution >= 4 is 5.82 Å². The first-order valence-electron chi connectivity index (χ1n) is 7.31. The lowest BCUT2D eigenvalue weighted by Gasteiger charge is -2.04. The van der Waals surface area contributed by atoms with E-state index < -0.39 is 23.4 Å². The minimum absolute atomic E-state index is 0.0380. The molecule has 0 amide bonds. The van der Waals surface area contributed by atoms with Crippen LogP contribution in [0.2, 0.25) is 0 Å². The molecule has 0 aliphatic heterocycles. The quantitative estimate of drug-likeness (QED) is 0.882. The summed E-state index contributed by atoms with van der Waals surface area (Å²) < 4.78 is 34.2. The van der Waals surface area contributed by atoms with Crippen LogP contribution in [0.1, 0.15) is 5.56 Å². The van der Waals surface area contributed by atoms with Crippen LogP contribution >= 0.6 is 0 Å². The molecule has 0 bridgehead atoms. The number of alkyl halides is 2. The Bertz CT molecular complexity index is 734. The monoisotopic (exact) mass is 321 g/mol. The highest BCUT2D eigenvalue weighted by atomic mass is 19.3. The van der Waals surface area contributed by atoms with E-state index in [1.165, 1.54) is 12.3 Å². The van der Waals surface area contributed by atoms with Gasteiger partial charge in [-0.3, -0.25) is 4.57 Å². The highest BCUT2D eigenvalue weighted by Gasteiger charge is 2.67. The minimum atomic E-state index is -2.82. The fourth-order valence-electron chi connectivity index (χ4n) is 2.61. The summed E-state index contributed by atoms with van der Waals surface area (Å²) in [4.78, 5) is 15.2. The second-order valence-corrected chi connectivity index (χ2v) is 5.68. The number of anilines is 1. The molecule has 3 rings (SSSR count). The Balaban J connectivity index is 1.56. The highest BCUT2D eigenvalue weighted by Crippen LogP contribution is 2.56. The predicted octanol–water partition coefficient (Wildman–Crippen LogP) is 1.92. The van der Waals surface area contributed by atoms with E-state index in [2.05, 4.69) is 4.98 Å². The van der Waals surface area contributed by atoms with Crippen molar-refractivity contribution < 1.29 is 13.5 Å². The standard InChI is InChI=1S/C16H17F2N3O2/c17-16(18)12(8-21-7-6-14(19)20-15(21)22)13(16)10-23-9-11-4-2-1-3-5-11/h1-7,12-13H,8-10H2,(H2,19,20,22)/t12-,13+/m0/s1. The molecule has 2 atom stereocenters. The van der Waals surface area contributed by atoms with Gasteiger partial charge in [0.15, 0.2) is 0 Å². The van der Waals surface area contributed by atoms with Crippen molar-refractivity contribution in [2.75, 3.05) is 12.3 Å². The zero-order valence-electron chi connectivity index (χ0n) is 12.4. The number of nitrogens with zero attached hydrogens (tertiary/aromatic N) is 2. The van der Waals surface area contributed by atoms with E-state index in [4.69, 9.17) is 10.5 Å². The lowest BCUT2D eigenvalue weighted by atomic mass is 10.2. The summed E-state index contributed by atoms with van der Waals surface area (Å²) in [5, 5.41) is 0. The number of nitrogen functional groups attached to an aromatic ring is 1. The van der Waals surface area contributed by atoms with E-state index in [0.717, 1.165) is 10.1 Å². The molecule has 23 heavy (non-hydrogen) atoms. The summed E-state index contributed by atoms with van der Waals surface area (Å²) in [5.74, 6) is -4.54. The first-order chi connectivity index (χ1) is 11.0. The van der Waals surface area contributed by atoms with Gasteiger partial charge in [0, 0.05) is 12.7 Å². The Morgan fingerprint density at radius 1 is 1.22 bits per heavy atom. The molecule has 1 aromatic heterocycles. The fraction of sp³-hybridized carbons (Fsp3) is 0.375. The van der Waals surface area contributed by atoms with Crippen molar-refractivity contribution in [3.63, 3.8) is 0 Å². The van der Waals surface area contributed by atoms with Crippen molar-refractivity contribution in [3.05, 3.63) is 58.6 Å². The highest BCUT2D eigenvalue weighted by molar-refractivity contribution is 5.23. The average Bonchev–Trinajstić information content (AvgIpc) is 3.03. The average molecular weight is 321 g/mol. The van der Waals surface area contributed by atoms with Gasteiger partial charge in [-0.25, -0.2) is 13.6 Å². The van der Waals surface area contributed by atoms with Gasteiger partial charge < -0.3 is 10.5 Å². The van der Waals surface area contributed by atoms with E-state index in [1.807, 2.05) is 30.3 Å². The first kappa shape index (κ1) is 15.6. The number of nitrogens with two attached hydrogens (primary N) is 1. The van der Waals surface area contributed by atoms with Crippen molar-refractivity contribution in [2.45, 2.75) is 19.1 Å². The molecule has 1 aromatic carbocycles. The van der Waals surface area contributed by atoms with Crippen LogP contribution in [0, 0.1) is 11.8 Å². The topological polar surface area (TPSA) is 70.1 Å². The third kappa shape index (κ3) is 3.39. The number of hydrogen-bond donors (Lipinski definition) is 1. The molecule has 0 spiro atoms. The van der Waals surface area contributed by atoms with Crippen molar-refractivity contribution in [3.8, 4) is 0 Å². The Labute approximate surface area is 131 Å². The van der Waals surface area contributed by atoms with Gasteiger partial charge in [-0.2, -0.15) is 4.98 Å². The Hall–Kier alpha value is -2.28. The molecule has 0 unspecified atom stereocenters. The molecule has 1 saturated carbocycles. The van der Waals surface area contributed by atoms with Crippen LogP contribution in [-0.2, 0) is 17.9 Å². The van der Waals surface area contributed by atoms with Crippen LogP contribution in [0.5, 0.6) is 0 Å². The number of ether oxygens (including phenoxy) is 1. The fourth-order valence-corrected chi connectivity index (χ4v) is 2.61. The summed E-state index contributed by atoms with van der Waals surface area (Å²) in [7, 11) is 0. The summed E-state index contributed by atoms with van der Waals surface area (Å²) >= 11 is 0. The molecule has 0 saturated heterocycles. The van der Waals surface area contributed by atoms with E-state index >= 15 is 0 Å².